The Morgan fingerprint density at radius 2 is 2.29 bits per heavy atom. The summed E-state index contributed by atoms with van der Waals surface area (Å²) >= 11 is 0. The van der Waals surface area contributed by atoms with Crippen LogP contribution in [0.25, 0.3) is 0 Å². The van der Waals surface area contributed by atoms with Gasteiger partial charge in [-0.05, 0) is 46.3 Å². The van der Waals surface area contributed by atoms with Crippen LogP contribution in [0.5, 0.6) is 0 Å². The fraction of sp³-hybridized carbons (Fsp3) is 1.00. The third-order valence-corrected chi connectivity index (χ3v) is 4.44. The Labute approximate surface area is 105 Å². The fourth-order valence-electron chi connectivity index (χ4n) is 3.26. The SMILES string of the molecule is CN1CCCC(CN)(N(C)CC2CCCO2)C1. The van der Waals surface area contributed by atoms with Crippen molar-refractivity contribution in [1.82, 2.24) is 9.80 Å². The van der Waals surface area contributed by atoms with Crippen molar-refractivity contribution in [3.05, 3.63) is 0 Å². The molecular weight excluding hydrogens is 214 g/mol. The summed E-state index contributed by atoms with van der Waals surface area (Å²) < 4.78 is 5.73. The van der Waals surface area contributed by atoms with E-state index in [1.165, 1.54) is 32.2 Å². The first-order valence-corrected chi connectivity index (χ1v) is 6.88. The molecular formula is C13H27N3O. The third kappa shape index (κ3) is 2.99. The number of likely N-dealkylation sites (N-methyl/N-ethyl adjacent to an activating group) is 2. The van der Waals surface area contributed by atoms with Crippen LogP contribution in [0.2, 0.25) is 0 Å². The van der Waals surface area contributed by atoms with Gasteiger partial charge in [0.2, 0.25) is 0 Å². The predicted octanol–water partition coefficient (Wildman–Crippen LogP) is 0.520. The van der Waals surface area contributed by atoms with Crippen molar-refractivity contribution >= 4 is 0 Å². The largest absolute Gasteiger partial charge is 0.377 e. The number of nitrogens with zero attached hydrogens (tertiary/aromatic N) is 2. The Morgan fingerprint density at radius 1 is 1.47 bits per heavy atom. The van der Waals surface area contributed by atoms with Crippen LogP contribution in [-0.4, -0.2) is 68.3 Å². The molecule has 2 N–H and O–H groups in total. The van der Waals surface area contributed by atoms with E-state index < -0.39 is 0 Å². The van der Waals surface area contributed by atoms with Crippen molar-refractivity contribution in [2.75, 3.05) is 46.9 Å². The molecule has 0 aromatic carbocycles. The number of nitrogens with two attached hydrogens (primary N) is 1. The van der Waals surface area contributed by atoms with Crippen molar-refractivity contribution in [1.29, 1.82) is 0 Å². The van der Waals surface area contributed by atoms with E-state index in [0.717, 1.165) is 26.2 Å². The lowest BCUT2D eigenvalue weighted by atomic mass is 9.87. The zero-order chi connectivity index (χ0) is 12.3. The smallest absolute Gasteiger partial charge is 0.0702 e. The number of rotatable bonds is 4. The minimum atomic E-state index is 0.166. The molecule has 2 heterocycles. The summed E-state index contributed by atoms with van der Waals surface area (Å²) in [5.74, 6) is 0. The molecule has 4 heteroatoms. The Hall–Kier alpha value is -0.160. The number of ether oxygens (including phenoxy) is 1. The molecule has 0 spiro atoms. The second-order valence-electron chi connectivity index (χ2n) is 5.79. The van der Waals surface area contributed by atoms with Crippen molar-refractivity contribution in [2.45, 2.75) is 37.3 Å². The van der Waals surface area contributed by atoms with Crippen LogP contribution >= 0.6 is 0 Å². The van der Waals surface area contributed by atoms with Crippen LogP contribution < -0.4 is 5.73 Å². The summed E-state index contributed by atoms with van der Waals surface area (Å²) in [5.41, 5.74) is 6.23. The number of piperidine rings is 1. The van der Waals surface area contributed by atoms with Gasteiger partial charge < -0.3 is 15.4 Å². The summed E-state index contributed by atoms with van der Waals surface area (Å²) in [6.45, 7) is 5.02. The van der Waals surface area contributed by atoms with Gasteiger partial charge in [0.1, 0.15) is 0 Å². The van der Waals surface area contributed by atoms with E-state index in [9.17, 15) is 0 Å². The molecule has 17 heavy (non-hydrogen) atoms. The van der Waals surface area contributed by atoms with Crippen LogP contribution in [-0.2, 0) is 4.74 Å². The molecule has 0 aromatic rings. The van der Waals surface area contributed by atoms with Gasteiger partial charge >= 0.3 is 0 Å². The van der Waals surface area contributed by atoms with Crippen LogP contribution in [0, 0.1) is 0 Å². The van der Waals surface area contributed by atoms with Crippen LogP contribution in [0.1, 0.15) is 25.7 Å². The van der Waals surface area contributed by atoms with E-state index in [4.69, 9.17) is 10.5 Å². The minimum absolute atomic E-state index is 0.166. The topological polar surface area (TPSA) is 41.7 Å². The zero-order valence-electron chi connectivity index (χ0n) is 11.3. The molecule has 2 saturated heterocycles. The Bertz CT molecular complexity index is 243. The molecule has 2 aliphatic rings. The molecule has 4 nitrogen and oxygen atoms in total. The third-order valence-electron chi connectivity index (χ3n) is 4.44. The van der Waals surface area contributed by atoms with Gasteiger partial charge in [-0.25, -0.2) is 0 Å². The van der Waals surface area contributed by atoms with E-state index >= 15 is 0 Å². The fourth-order valence-corrected chi connectivity index (χ4v) is 3.26. The van der Waals surface area contributed by atoms with Crippen molar-refractivity contribution in [3.63, 3.8) is 0 Å². The molecule has 2 fully saturated rings. The lowest BCUT2D eigenvalue weighted by Gasteiger charge is -2.47. The molecule has 0 saturated carbocycles. The first-order chi connectivity index (χ1) is 8.16. The van der Waals surface area contributed by atoms with Crippen molar-refractivity contribution in [3.8, 4) is 0 Å². The second kappa shape index (κ2) is 5.65. The summed E-state index contributed by atoms with van der Waals surface area (Å²) in [4.78, 5) is 4.86. The highest BCUT2D eigenvalue weighted by atomic mass is 16.5. The minimum Gasteiger partial charge on any atom is -0.377 e. The van der Waals surface area contributed by atoms with Crippen molar-refractivity contribution < 1.29 is 4.74 Å². The quantitative estimate of drug-likeness (QED) is 0.779. The number of likely N-dealkylation sites (tertiary alicyclic amines) is 1. The molecule has 2 rings (SSSR count). The summed E-state index contributed by atoms with van der Waals surface area (Å²) in [7, 11) is 4.41. The number of hydrogen-bond acceptors (Lipinski definition) is 4. The Balaban J connectivity index is 1.95. The van der Waals surface area contributed by atoms with E-state index in [1.54, 1.807) is 0 Å². The highest BCUT2D eigenvalue weighted by Gasteiger charge is 2.37. The molecule has 100 valence electrons. The van der Waals surface area contributed by atoms with Gasteiger partial charge in [-0.15, -0.1) is 0 Å². The van der Waals surface area contributed by atoms with Gasteiger partial charge in [-0.3, -0.25) is 4.90 Å². The summed E-state index contributed by atoms with van der Waals surface area (Å²) in [6, 6.07) is 0. The van der Waals surface area contributed by atoms with E-state index in [0.29, 0.717) is 6.10 Å². The average molecular weight is 241 g/mol. The van der Waals surface area contributed by atoms with Crippen LogP contribution in [0.4, 0.5) is 0 Å². The average Bonchev–Trinajstić information content (AvgIpc) is 2.81. The highest BCUT2D eigenvalue weighted by Crippen LogP contribution is 2.26. The molecule has 2 atom stereocenters. The van der Waals surface area contributed by atoms with Gasteiger partial charge in [0.25, 0.3) is 0 Å². The Morgan fingerprint density at radius 3 is 2.88 bits per heavy atom. The van der Waals surface area contributed by atoms with Crippen LogP contribution in [0.3, 0.4) is 0 Å². The zero-order valence-corrected chi connectivity index (χ0v) is 11.3. The van der Waals surface area contributed by atoms with Crippen LogP contribution in [0.15, 0.2) is 0 Å². The van der Waals surface area contributed by atoms with Gasteiger partial charge in [-0.2, -0.15) is 0 Å². The van der Waals surface area contributed by atoms with E-state index in [2.05, 4.69) is 23.9 Å². The lowest BCUT2D eigenvalue weighted by Crippen LogP contribution is -2.61. The van der Waals surface area contributed by atoms with Gasteiger partial charge in [0, 0.05) is 31.8 Å². The van der Waals surface area contributed by atoms with Crippen molar-refractivity contribution in [2.24, 2.45) is 5.73 Å². The normalized spacial score (nSPS) is 35.6. The lowest BCUT2D eigenvalue weighted by molar-refractivity contribution is 0.00364. The Kier molecular flexibility index (Phi) is 4.42. The molecule has 2 unspecified atom stereocenters. The van der Waals surface area contributed by atoms with E-state index in [-0.39, 0.29) is 5.54 Å². The molecule has 0 aliphatic carbocycles. The molecule has 0 bridgehead atoms. The maximum Gasteiger partial charge on any atom is 0.0702 e. The predicted molar refractivity (Wildman–Crippen MR) is 70.1 cm³/mol. The first kappa shape index (κ1) is 13.3. The maximum atomic E-state index is 6.07. The first-order valence-electron chi connectivity index (χ1n) is 6.88. The summed E-state index contributed by atoms with van der Waals surface area (Å²) in [5, 5.41) is 0. The standard InChI is InChI=1S/C13H27N3O/c1-15-7-4-6-13(10-14,11-15)16(2)9-12-5-3-8-17-12/h12H,3-11,14H2,1-2H3. The summed E-state index contributed by atoms with van der Waals surface area (Å²) in [6.07, 6.45) is 5.32. The molecule has 0 amide bonds. The molecule has 0 aromatic heterocycles. The second-order valence-corrected chi connectivity index (χ2v) is 5.79. The number of hydrogen-bond donors (Lipinski definition) is 1. The monoisotopic (exact) mass is 241 g/mol. The molecule has 2 aliphatic heterocycles. The highest BCUT2D eigenvalue weighted by molar-refractivity contribution is 4.96. The van der Waals surface area contributed by atoms with Gasteiger partial charge in [0.15, 0.2) is 0 Å². The van der Waals surface area contributed by atoms with E-state index in [1.807, 2.05) is 0 Å². The molecule has 0 radical (unpaired) electrons. The maximum absolute atomic E-state index is 6.07. The van der Waals surface area contributed by atoms with Gasteiger partial charge in [0.05, 0.1) is 6.10 Å². The van der Waals surface area contributed by atoms with Gasteiger partial charge in [-0.1, -0.05) is 0 Å².